The highest BCUT2D eigenvalue weighted by atomic mass is 35.5. The Morgan fingerprint density at radius 2 is 1.97 bits per heavy atom. The van der Waals surface area contributed by atoms with E-state index in [0.717, 1.165) is 5.56 Å². The van der Waals surface area contributed by atoms with E-state index in [-0.39, 0.29) is 29.8 Å². The van der Waals surface area contributed by atoms with E-state index in [1.807, 2.05) is 56.3 Å². The van der Waals surface area contributed by atoms with Gasteiger partial charge in [0.25, 0.3) is 0 Å². The van der Waals surface area contributed by atoms with Crippen molar-refractivity contribution in [2.75, 3.05) is 10.7 Å². The molecule has 3 atom stereocenters. The molecule has 0 aliphatic carbocycles. The zero-order valence-electron chi connectivity index (χ0n) is 17.4. The normalized spacial score (nSPS) is 22.8. The lowest BCUT2D eigenvalue weighted by molar-refractivity contribution is -0.118. The number of amidine groups is 2. The lowest BCUT2D eigenvalue weighted by Gasteiger charge is -2.36. The zero-order chi connectivity index (χ0) is 22.0. The largest absolute Gasteiger partial charge is 0.351 e. The predicted octanol–water partition coefficient (Wildman–Crippen LogP) is 3.29. The number of benzene rings is 2. The van der Waals surface area contributed by atoms with Gasteiger partial charge in [-0.05, 0) is 31.5 Å². The number of aliphatic imine (C=N–C) groups is 1. The number of nitrogens with zero attached hydrogens (tertiary/aromatic N) is 2. The van der Waals surface area contributed by atoms with E-state index >= 15 is 0 Å². The van der Waals surface area contributed by atoms with Gasteiger partial charge in [0.05, 0.1) is 22.4 Å². The summed E-state index contributed by atoms with van der Waals surface area (Å²) in [6.07, 6.45) is -0.251. The Hall–Kier alpha value is -2.39. The van der Waals surface area contributed by atoms with Crippen LogP contribution in [0, 0.1) is 18.3 Å². The molecule has 2 aliphatic heterocycles. The van der Waals surface area contributed by atoms with Crippen molar-refractivity contribution in [1.82, 2.24) is 16.2 Å². The Morgan fingerprint density at radius 3 is 2.71 bits per heavy atom. The molecule has 0 aromatic heterocycles. The van der Waals surface area contributed by atoms with Gasteiger partial charge >= 0.3 is 0 Å². The highest BCUT2D eigenvalue weighted by Gasteiger charge is 2.44. The second kappa shape index (κ2) is 9.40. The molecule has 1 fully saturated rings. The van der Waals surface area contributed by atoms with Gasteiger partial charge in [0.15, 0.2) is 5.17 Å². The van der Waals surface area contributed by atoms with Crippen molar-refractivity contribution in [2.45, 2.75) is 32.6 Å². The van der Waals surface area contributed by atoms with E-state index in [1.54, 1.807) is 11.0 Å². The molecule has 1 saturated heterocycles. The Balaban J connectivity index is 1.48. The van der Waals surface area contributed by atoms with Crippen molar-refractivity contribution in [1.29, 1.82) is 5.41 Å². The van der Waals surface area contributed by atoms with Crippen LogP contribution in [-0.2, 0) is 11.3 Å². The first-order valence-corrected chi connectivity index (χ1v) is 11.5. The molecule has 162 valence electrons. The standard InChI is InChI=1S/C22H25ClN6OS/c1-13-7-9-15(10-8-13)11-25-18(30)12-31-22-26-21-19(14(2)27-28-21)20(24)29(22)17-6-4-3-5-16(17)23/h3-10,14,19,21,24,27-28H,11-12H2,1-2H3,(H,25,30). The summed E-state index contributed by atoms with van der Waals surface area (Å²) in [5.74, 6) is 0.378. The van der Waals surface area contributed by atoms with Crippen LogP contribution in [0.15, 0.2) is 53.5 Å². The fourth-order valence-corrected chi connectivity index (χ4v) is 4.75. The number of hydrogen-bond acceptors (Lipinski definition) is 6. The van der Waals surface area contributed by atoms with E-state index in [9.17, 15) is 4.79 Å². The van der Waals surface area contributed by atoms with Crippen LogP contribution in [0.25, 0.3) is 0 Å². The van der Waals surface area contributed by atoms with Crippen molar-refractivity contribution in [3.05, 3.63) is 64.7 Å². The third-order valence-electron chi connectivity index (χ3n) is 5.37. The molecular weight excluding hydrogens is 432 g/mol. The van der Waals surface area contributed by atoms with Crippen LogP contribution in [0.4, 0.5) is 5.69 Å². The number of amides is 1. The number of aryl methyl sites for hydroxylation is 1. The van der Waals surface area contributed by atoms with E-state index in [0.29, 0.717) is 28.3 Å². The van der Waals surface area contributed by atoms with E-state index in [1.165, 1.54) is 17.3 Å². The molecule has 1 amide bonds. The third kappa shape index (κ3) is 4.77. The molecule has 31 heavy (non-hydrogen) atoms. The van der Waals surface area contributed by atoms with E-state index < -0.39 is 0 Å². The number of anilines is 1. The minimum atomic E-state index is -0.251. The Labute approximate surface area is 191 Å². The number of hydrazine groups is 1. The van der Waals surface area contributed by atoms with Crippen molar-refractivity contribution < 1.29 is 4.79 Å². The first kappa shape index (κ1) is 21.8. The predicted molar refractivity (Wildman–Crippen MR) is 128 cm³/mol. The van der Waals surface area contributed by atoms with Crippen LogP contribution in [0.3, 0.4) is 0 Å². The number of fused-ring (bicyclic) bond motifs is 1. The summed E-state index contributed by atoms with van der Waals surface area (Å²) >= 11 is 7.75. The Morgan fingerprint density at radius 1 is 1.23 bits per heavy atom. The maximum Gasteiger partial charge on any atom is 0.230 e. The van der Waals surface area contributed by atoms with Crippen LogP contribution in [-0.4, -0.2) is 34.9 Å². The van der Waals surface area contributed by atoms with Gasteiger partial charge in [-0.3, -0.25) is 20.5 Å². The molecule has 7 nitrogen and oxygen atoms in total. The zero-order valence-corrected chi connectivity index (χ0v) is 18.9. The molecule has 0 spiro atoms. The number of carbonyl (C=O) groups excluding carboxylic acids is 1. The lowest BCUT2D eigenvalue weighted by atomic mass is 9.97. The average molecular weight is 457 g/mol. The number of hydrogen-bond donors (Lipinski definition) is 4. The first-order chi connectivity index (χ1) is 14.9. The van der Waals surface area contributed by atoms with Gasteiger partial charge in [0.1, 0.15) is 12.0 Å². The van der Waals surface area contributed by atoms with Crippen LogP contribution < -0.4 is 21.1 Å². The monoisotopic (exact) mass is 456 g/mol. The second-order valence-electron chi connectivity index (χ2n) is 7.68. The second-order valence-corrected chi connectivity index (χ2v) is 9.03. The Kier molecular flexibility index (Phi) is 6.62. The number of rotatable bonds is 5. The van der Waals surface area contributed by atoms with Crippen LogP contribution in [0.5, 0.6) is 0 Å². The fourth-order valence-electron chi connectivity index (χ4n) is 3.65. The molecule has 9 heteroatoms. The molecule has 4 N–H and O–H groups in total. The van der Waals surface area contributed by atoms with E-state index in [2.05, 4.69) is 16.2 Å². The highest BCUT2D eigenvalue weighted by Crippen LogP contribution is 2.35. The quantitative estimate of drug-likeness (QED) is 0.554. The number of para-hydroxylation sites is 1. The maximum absolute atomic E-state index is 12.5. The molecule has 0 radical (unpaired) electrons. The van der Waals surface area contributed by atoms with Crippen molar-refractivity contribution in [3.63, 3.8) is 0 Å². The Bertz CT molecular complexity index is 1010. The van der Waals surface area contributed by atoms with Gasteiger partial charge < -0.3 is 5.32 Å². The topological polar surface area (TPSA) is 92.6 Å². The number of thioether (sulfide) groups is 1. The van der Waals surface area contributed by atoms with Gasteiger partial charge in [-0.15, -0.1) is 0 Å². The van der Waals surface area contributed by atoms with Crippen molar-refractivity contribution in [3.8, 4) is 0 Å². The summed E-state index contributed by atoms with van der Waals surface area (Å²) in [5.41, 5.74) is 9.23. The average Bonchev–Trinajstić information content (AvgIpc) is 3.13. The van der Waals surface area contributed by atoms with Crippen LogP contribution in [0.1, 0.15) is 18.1 Å². The summed E-state index contributed by atoms with van der Waals surface area (Å²) < 4.78 is 0. The molecule has 2 aromatic carbocycles. The number of carbonyl (C=O) groups is 1. The molecule has 2 aromatic rings. The van der Waals surface area contributed by atoms with Gasteiger partial charge in [0.2, 0.25) is 5.91 Å². The molecular formula is C22H25ClN6OS. The number of halogens is 1. The summed E-state index contributed by atoms with van der Waals surface area (Å²) in [7, 11) is 0. The molecule has 3 unspecified atom stereocenters. The minimum absolute atomic E-state index is 0.0515. The molecule has 2 aliphatic rings. The lowest BCUT2D eigenvalue weighted by Crippen LogP contribution is -2.50. The summed E-state index contributed by atoms with van der Waals surface area (Å²) in [6.45, 7) is 4.53. The minimum Gasteiger partial charge on any atom is -0.351 e. The molecule has 0 bridgehead atoms. The number of nitrogens with one attached hydrogen (secondary N) is 4. The van der Waals surface area contributed by atoms with Crippen molar-refractivity contribution >= 4 is 46.0 Å². The highest BCUT2D eigenvalue weighted by molar-refractivity contribution is 8.14. The van der Waals surface area contributed by atoms with Gasteiger partial charge in [-0.1, -0.05) is 65.3 Å². The van der Waals surface area contributed by atoms with Gasteiger partial charge in [-0.2, -0.15) is 0 Å². The molecule has 0 saturated carbocycles. The smallest absolute Gasteiger partial charge is 0.230 e. The van der Waals surface area contributed by atoms with Gasteiger partial charge in [-0.25, -0.2) is 10.4 Å². The summed E-state index contributed by atoms with van der Waals surface area (Å²) in [5, 5.41) is 12.9. The summed E-state index contributed by atoms with van der Waals surface area (Å²) in [6, 6.07) is 15.5. The maximum atomic E-state index is 12.5. The van der Waals surface area contributed by atoms with E-state index in [4.69, 9.17) is 22.0 Å². The van der Waals surface area contributed by atoms with Crippen LogP contribution in [0.2, 0.25) is 5.02 Å². The van der Waals surface area contributed by atoms with Gasteiger partial charge in [0, 0.05) is 12.6 Å². The summed E-state index contributed by atoms with van der Waals surface area (Å²) in [4.78, 5) is 19.0. The fraction of sp³-hybridized carbons (Fsp3) is 0.318. The third-order valence-corrected chi connectivity index (χ3v) is 6.64. The first-order valence-electron chi connectivity index (χ1n) is 10.1. The van der Waals surface area contributed by atoms with Crippen molar-refractivity contribution in [2.24, 2.45) is 10.9 Å². The van der Waals surface area contributed by atoms with Crippen LogP contribution >= 0.6 is 23.4 Å². The SMILES string of the molecule is Cc1ccc(CNC(=O)CSC2=NC3NNC(C)C3C(=N)N2c2ccccc2Cl)cc1. The molecule has 4 rings (SSSR count). The molecule has 2 heterocycles.